The predicted octanol–water partition coefficient (Wildman–Crippen LogP) is 7.38. The highest BCUT2D eigenvalue weighted by atomic mass is 16.5. The molecule has 0 aliphatic heterocycles. The maximum absolute atomic E-state index is 6.10. The third kappa shape index (κ3) is 5.72. The van der Waals surface area contributed by atoms with Crippen LogP contribution in [0.3, 0.4) is 0 Å². The van der Waals surface area contributed by atoms with E-state index in [4.69, 9.17) is 4.74 Å². The van der Waals surface area contributed by atoms with E-state index in [9.17, 15) is 0 Å². The monoisotopic (exact) mass is 348 g/mol. The third-order valence-electron chi connectivity index (χ3n) is 7.96. The van der Waals surface area contributed by atoms with Gasteiger partial charge in [0.05, 0.1) is 6.10 Å². The number of ether oxygens (including phenoxy) is 1. The van der Waals surface area contributed by atoms with E-state index in [1.54, 1.807) is 25.7 Å². The summed E-state index contributed by atoms with van der Waals surface area (Å²) in [4.78, 5) is 0. The average Bonchev–Trinajstić information content (AvgIpc) is 2.68. The molecule has 3 saturated carbocycles. The topological polar surface area (TPSA) is 9.23 Å². The van der Waals surface area contributed by atoms with Crippen LogP contribution in [0.4, 0.5) is 0 Å². The van der Waals surface area contributed by atoms with Gasteiger partial charge in [0.1, 0.15) is 0 Å². The van der Waals surface area contributed by atoms with Crippen LogP contribution in [-0.4, -0.2) is 12.7 Å². The Morgan fingerprint density at radius 2 is 1.24 bits per heavy atom. The molecule has 25 heavy (non-hydrogen) atoms. The van der Waals surface area contributed by atoms with Crippen LogP contribution in [0.1, 0.15) is 110 Å². The zero-order valence-corrected chi connectivity index (χ0v) is 17.2. The highest BCUT2D eigenvalue weighted by molar-refractivity contribution is 4.86. The van der Waals surface area contributed by atoms with Crippen molar-refractivity contribution in [3.63, 3.8) is 0 Å². The van der Waals surface area contributed by atoms with Crippen molar-refractivity contribution < 1.29 is 4.74 Å². The highest BCUT2D eigenvalue weighted by Gasteiger charge is 2.35. The molecule has 0 amide bonds. The fourth-order valence-corrected chi connectivity index (χ4v) is 6.49. The highest BCUT2D eigenvalue weighted by Crippen LogP contribution is 2.45. The summed E-state index contributed by atoms with van der Waals surface area (Å²) in [7, 11) is 0. The summed E-state index contributed by atoms with van der Waals surface area (Å²) >= 11 is 0. The predicted molar refractivity (Wildman–Crippen MR) is 108 cm³/mol. The van der Waals surface area contributed by atoms with Crippen molar-refractivity contribution in [3.05, 3.63) is 0 Å². The zero-order chi connectivity index (χ0) is 17.5. The molecule has 1 nitrogen and oxygen atoms in total. The van der Waals surface area contributed by atoms with Gasteiger partial charge in [-0.2, -0.15) is 0 Å². The molecular weight excluding hydrogens is 304 g/mol. The van der Waals surface area contributed by atoms with Crippen LogP contribution in [-0.2, 0) is 4.74 Å². The largest absolute Gasteiger partial charge is 0.378 e. The van der Waals surface area contributed by atoms with Crippen LogP contribution in [0, 0.1) is 29.6 Å². The van der Waals surface area contributed by atoms with E-state index in [1.807, 2.05) is 0 Å². The number of rotatable bonds is 7. The molecule has 0 spiro atoms. The third-order valence-corrected chi connectivity index (χ3v) is 7.96. The summed E-state index contributed by atoms with van der Waals surface area (Å²) in [6.07, 6.45) is 22.6. The minimum Gasteiger partial charge on any atom is -0.378 e. The Morgan fingerprint density at radius 3 is 1.84 bits per heavy atom. The van der Waals surface area contributed by atoms with Gasteiger partial charge < -0.3 is 4.74 Å². The van der Waals surface area contributed by atoms with E-state index in [0.29, 0.717) is 6.10 Å². The van der Waals surface area contributed by atoms with E-state index in [0.717, 1.165) is 36.2 Å². The first-order valence-corrected chi connectivity index (χ1v) is 11.9. The second-order valence-electron chi connectivity index (χ2n) is 9.66. The van der Waals surface area contributed by atoms with Gasteiger partial charge in [0.2, 0.25) is 0 Å². The van der Waals surface area contributed by atoms with Crippen molar-refractivity contribution in [1.82, 2.24) is 0 Å². The van der Waals surface area contributed by atoms with Crippen molar-refractivity contribution in [2.24, 2.45) is 29.6 Å². The SMILES string of the molecule is CCCO[C@@H]1CCC[C@H](C2CCC(C3CCC(CCC)CC3)CC2)C1. The molecule has 3 rings (SSSR count). The molecule has 0 N–H and O–H groups in total. The first-order chi connectivity index (χ1) is 12.3. The molecule has 2 atom stereocenters. The molecule has 0 radical (unpaired) electrons. The van der Waals surface area contributed by atoms with Crippen LogP contribution >= 0.6 is 0 Å². The smallest absolute Gasteiger partial charge is 0.0577 e. The van der Waals surface area contributed by atoms with Crippen molar-refractivity contribution >= 4 is 0 Å². The molecule has 3 fully saturated rings. The molecule has 3 aliphatic carbocycles. The lowest BCUT2D eigenvalue weighted by molar-refractivity contribution is -0.00367. The number of hydrogen-bond donors (Lipinski definition) is 0. The quantitative estimate of drug-likeness (QED) is 0.466. The second kappa shape index (κ2) is 10.3. The van der Waals surface area contributed by atoms with Gasteiger partial charge in [0, 0.05) is 6.61 Å². The van der Waals surface area contributed by atoms with Gasteiger partial charge in [0.15, 0.2) is 0 Å². The molecule has 0 heterocycles. The number of hydrogen-bond acceptors (Lipinski definition) is 1. The summed E-state index contributed by atoms with van der Waals surface area (Å²) in [6, 6.07) is 0. The molecule has 0 bridgehead atoms. The van der Waals surface area contributed by atoms with Crippen LogP contribution in [0.15, 0.2) is 0 Å². The molecular formula is C24H44O. The Labute approximate surface area is 157 Å². The molecule has 0 aromatic carbocycles. The maximum Gasteiger partial charge on any atom is 0.0577 e. The summed E-state index contributed by atoms with van der Waals surface area (Å²) in [6.45, 7) is 5.57. The lowest BCUT2D eigenvalue weighted by Crippen LogP contribution is -2.32. The normalized spacial score (nSPS) is 40.1. The molecule has 1 heteroatoms. The molecule has 146 valence electrons. The lowest BCUT2D eigenvalue weighted by Gasteiger charge is -2.41. The minimum atomic E-state index is 0.588. The van der Waals surface area contributed by atoms with Gasteiger partial charge in [0.25, 0.3) is 0 Å². The summed E-state index contributed by atoms with van der Waals surface area (Å²) < 4.78 is 6.10. The van der Waals surface area contributed by atoms with Crippen molar-refractivity contribution in [2.75, 3.05) is 6.61 Å². The fraction of sp³-hybridized carbons (Fsp3) is 1.00. The van der Waals surface area contributed by atoms with Crippen molar-refractivity contribution in [2.45, 2.75) is 116 Å². The zero-order valence-electron chi connectivity index (χ0n) is 17.2. The van der Waals surface area contributed by atoms with Gasteiger partial charge in [-0.1, -0.05) is 46.0 Å². The van der Waals surface area contributed by atoms with Gasteiger partial charge in [-0.3, -0.25) is 0 Å². The Balaban J connectivity index is 1.38. The minimum absolute atomic E-state index is 0.588. The van der Waals surface area contributed by atoms with Crippen LogP contribution in [0.5, 0.6) is 0 Å². The van der Waals surface area contributed by atoms with E-state index in [1.165, 1.54) is 70.6 Å². The van der Waals surface area contributed by atoms with Crippen molar-refractivity contribution in [1.29, 1.82) is 0 Å². The fourth-order valence-electron chi connectivity index (χ4n) is 6.49. The van der Waals surface area contributed by atoms with Gasteiger partial charge >= 0.3 is 0 Å². The van der Waals surface area contributed by atoms with E-state index in [-0.39, 0.29) is 0 Å². The Hall–Kier alpha value is -0.0400. The second-order valence-corrected chi connectivity index (χ2v) is 9.66. The molecule has 0 saturated heterocycles. The van der Waals surface area contributed by atoms with Crippen molar-refractivity contribution in [3.8, 4) is 0 Å². The van der Waals surface area contributed by atoms with Crippen LogP contribution < -0.4 is 0 Å². The Kier molecular flexibility index (Phi) is 8.15. The Morgan fingerprint density at radius 1 is 0.640 bits per heavy atom. The first-order valence-electron chi connectivity index (χ1n) is 11.9. The summed E-state index contributed by atoms with van der Waals surface area (Å²) in [5.74, 6) is 5.24. The van der Waals surface area contributed by atoms with Gasteiger partial charge in [-0.05, 0) is 93.8 Å². The summed E-state index contributed by atoms with van der Waals surface area (Å²) in [5, 5.41) is 0. The first kappa shape index (κ1) is 19.7. The average molecular weight is 349 g/mol. The molecule has 3 aliphatic rings. The van der Waals surface area contributed by atoms with E-state index < -0.39 is 0 Å². The van der Waals surface area contributed by atoms with Gasteiger partial charge in [-0.15, -0.1) is 0 Å². The molecule has 0 unspecified atom stereocenters. The molecule has 0 aromatic rings. The van der Waals surface area contributed by atoms with Crippen LogP contribution in [0.2, 0.25) is 0 Å². The van der Waals surface area contributed by atoms with E-state index >= 15 is 0 Å². The maximum atomic E-state index is 6.10. The lowest BCUT2D eigenvalue weighted by atomic mass is 9.65. The van der Waals surface area contributed by atoms with Gasteiger partial charge in [-0.25, -0.2) is 0 Å². The molecule has 0 aromatic heterocycles. The van der Waals surface area contributed by atoms with E-state index in [2.05, 4.69) is 13.8 Å². The summed E-state index contributed by atoms with van der Waals surface area (Å²) in [5.41, 5.74) is 0. The Bertz CT molecular complexity index is 349. The standard InChI is InChI=1S/C24H44O/c1-3-6-19-9-11-20(12-10-19)21-13-15-22(16-14-21)23-7-5-8-24(18-23)25-17-4-2/h19-24H,3-18H2,1-2H3/t19?,20?,21?,22?,23-,24+/m0/s1. The van der Waals surface area contributed by atoms with Crippen LogP contribution in [0.25, 0.3) is 0 Å².